The molecule has 1 aliphatic rings. The van der Waals surface area contributed by atoms with Crippen LogP contribution in [-0.2, 0) is 0 Å². The molecule has 12 heavy (non-hydrogen) atoms. The van der Waals surface area contributed by atoms with Gasteiger partial charge in [-0.05, 0) is 13.3 Å². The van der Waals surface area contributed by atoms with Crippen LogP contribution in [0.5, 0.6) is 0 Å². The van der Waals surface area contributed by atoms with Gasteiger partial charge in [-0.2, -0.15) is 11.8 Å². The molecular weight excluding hydrogens is 168 g/mol. The maximum atomic E-state index is 5.76. The number of hydrogen-bond acceptors (Lipinski definition) is 3. The van der Waals surface area contributed by atoms with E-state index in [9.17, 15) is 0 Å². The summed E-state index contributed by atoms with van der Waals surface area (Å²) in [5.41, 5.74) is 5.76. The van der Waals surface area contributed by atoms with Gasteiger partial charge in [0.05, 0.1) is 0 Å². The van der Waals surface area contributed by atoms with E-state index < -0.39 is 0 Å². The lowest BCUT2D eigenvalue weighted by Gasteiger charge is -2.32. The topological polar surface area (TPSA) is 29.3 Å². The minimum absolute atomic E-state index is 0.325. The first-order valence-corrected chi connectivity index (χ1v) is 5.86. The summed E-state index contributed by atoms with van der Waals surface area (Å²) < 4.78 is 0. The van der Waals surface area contributed by atoms with E-state index in [1.807, 2.05) is 0 Å². The first kappa shape index (κ1) is 10.4. The van der Waals surface area contributed by atoms with Crippen molar-refractivity contribution < 1.29 is 0 Å². The van der Waals surface area contributed by atoms with Crippen molar-refractivity contribution in [2.24, 2.45) is 5.73 Å². The van der Waals surface area contributed by atoms with Crippen molar-refractivity contribution in [3.05, 3.63) is 0 Å². The van der Waals surface area contributed by atoms with Crippen LogP contribution in [0.25, 0.3) is 0 Å². The van der Waals surface area contributed by atoms with Gasteiger partial charge in [0.15, 0.2) is 0 Å². The number of nitrogens with two attached hydrogens (primary N) is 1. The largest absolute Gasteiger partial charge is 0.327 e. The monoisotopic (exact) mass is 188 g/mol. The van der Waals surface area contributed by atoms with Crippen molar-refractivity contribution in [3.8, 4) is 0 Å². The van der Waals surface area contributed by atoms with E-state index in [1.165, 1.54) is 25.3 Å². The van der Waals surface area contributed by atoms with Gasteiger partial charge in [0.25, 0.3) is 0 Å². The third-order valence-electron chi connectivity index (χ3n) is 2.22. The van der Waals surface area contributed by atoms with Crippen molar-refractivity contribution in [1.29, 1.82) is 0 Å². The number of nitrogens with zero attached hydrogens (tertiary/aromatic N) is 1. The summed E-state index contributed by atoms with van der Waals surface area (Å²) in [7, 11) is 0. The minimum Gasteiger partial charge on any atom is -0.327 e. The van der Waals surface area contributed by atoms with Gasteiger partial charge in [-0.25, -0.2) is 0 Å². The molecule has 3 heteroatoms. The third kappa shape index (κ3) is 3.33. The summed E-state index contributed by atoms with van der Waals surface area (Å²) in [6.07, 6.45) is 1.29. The number of thioether (sulfide) groups is 1. The Morgan fingerprint density at radius 3 is 3.00 bits per heavy atom. The molecule has 1 fully saturated rings. The Morgan fingerprint density at radius 1 is 1.67 bits per heavy atom. The zero-order valence-corrected chi connectivity index (χ0v) is 8.94. The van der Waals surface area contributed by atoms with E-state index in [1.54, 1.807) is 0 Å². The van der Waals surface area contributed by atoms with Crippen LogP contribution in [0.1, 0.15) is 20.3 Å². The predicted octanol–water partition coefficient (Wildman–Crippen LogP) is 1.16. The average Bonchev–Trinajstić information content (AvgIpc) is 2.03. The molecule has 1 aliphatic heterocycles. The van der Waals surface area contributed by atoms with Crippen molar-refractivity contribution >= 4 is 11.8 Å². The molecule has 1 heterocycles. The van der Waals surface area contributed by atoms with Crippen molar-refractivity contribution in [1.82, 2.24) is 4.90 Å². The van der Waals surface area contributed by atoms with Gasteiger partial charge < -0.3 is 5.73 Å². The molecule has 0 aromatic heterocycles. The van der Waals surface area contributed by atoms with Crippen LogP contribution in [0, 0.1) is 0 Å². The summed E-state index contributed by atoms with van der Waals surface area (Å²) in [6.45, 7) is 7.89. The first-order chi connectivity index (χ1) is 5.72. The van der Waals surface area contributed by atoms with Gasteiger partial charge in [-0.15, -0.1) is 0 Å². The average molecular weight is 188 g/mol. The maximum absolute atomic E-state index is 5.76. The van der Waals surface area contributed by atoms with Gasteiger partial charge >= 0.3 is 0 Å². The third-order valence-corrected chi connectivity index (χ3v) is 3.60. The zero-order chi connectivity index (χ0) is 8.97. The Hall–Kier alpha value is 0.270. The molecule has 2 atom stereocenters. The van der Waals surface area contributed by atoms with E-state index in [4.69, 9.17) is 5.73 Å². The maximum Gasteiger partial charge on any atom is 0.0172 e. The summed E-state index contributed by atoms with van der Waals surface area (Å²) in [5.74, 6) is 1.28. The van der Waals surface area contributed by atoms with E-state index in [0.29, 0.717) is 6.04 Å². The molecule has 0 aromatic carbocycles. The molecule has 0 radical (unpaired) electrons. The van der Waals surface area contributed by atoms with E-state index >= 15 is 0 Å². The standard InChI is InChI=1S/C9H20N2S/c1-3-9-7-11(4-5-12-9)6-8(2)10/h8-9H,3-7,10H2,1-2H3. The van der Waals surface area contributed by atoms with Gasteiger partial charge in [-0.1, -0.05) is 6.92 Å². The molecule has 72 valence electrons. The number of rotatable bonds is 3. The smallest absolute Gasteiger partial charge is 0.0172 e. The van der Waals surface area contributed by atoms with Crippen LogP contribution >= 0.6 is 11.8 Å². The lowest BCUT2D eigenvalue weighted by molar-refractivity contribution is 0.268. The van der Waals surface area contributed by atoms with Crippen LogP contribution in [0.2, 0.25) is 0 Å². The second kappa shape index (κ2) is 5.10. The molecule has 0 amide bonds. The molecule has 2 unspecified atom stereocenters. The lowest BCUT2D eigenvalue weighted by Crippen LogP contribution is -2.43. The van der Waals surface area contributed by atoms with E-state index in [0.717, 1.165) is 11.8 Å². The quantitative estimate of drug-likeness (QED) is 0.721. The highest BCUT2D eigenvalue weighted by Gasteiger charge is 2.18. The minimum atomic E-state index is 0.325. The van der Waals surface area contributed by atoms with Gasteiger partial charge in [-0.3, -0.25) is 4.90 Å². The molecule has 0 aromatic rings. The fourth-order valence-corrected chi connectivity index (χ4v) is 2.85. The fourth-order valence-electron chi connectivity index (χ4n) is 1.60. The Balaban J connectivity index is 2.25. The molecule has 0 saturated carbocycles. The lowest BCUT2D eigenvalue weighted by atomic mass is 10.2. The Bertz CT molecular complexity index is 128. The molecule has 0 spiro atoms. The van der Waals surface area contributed by atoms with Crippen LogP contribution in [0.4, 0.5) is 0 Å². The predicted molar refractivity (Wildman–Crippen MR) is 56.6 cm³/mol. The van der Waals surface area contributed by atoms with Crippen LogP contribution in [0.3, 0.4) is 0 Å². The molecule has 2 nitrogen and oxygen atoms in total. The second-order valence-electron chi connectivity index (χ2n) is 3.64. The van der Waals surface area contributed by atoms with Crippen molar-refractivity contribution in [2.75, 3.05) is 25.4 Å². The summed E-state index contributed by atoms with van der Waals surface area (Å²) >= 11 is 2.11. The van der Waals surface area contributed by atoms with Crippen LogP contribution < -0.4 is 5.73 Å². The summed E-state index contributed by atoms with van der Waals surface area (Å²) in [6, 6.07) is 0.325. The molecule has 1 rings (SSSR count). The molecule has 2 N–H and O–H groups in total. The molecule has 0 bridgehead atoms. The second-order valence-corrected chi connectivity index (χ2v) is 5.05. The van der Waals surface area contributed by atoms with Gasteiger partial charge in [0.2, 0.25) is 0 Å². The SMILES string of the molecule is CCC1CN(CC(C)N)CCS1. The van der Waals surface area contributed by atoms with Gasteiger partial charge in [0, 0.05) is 36.7 Å². The molecular formula is C9H20N2S. The first-order valence-electron chi connectivity index (χ1n) is 4.82. The van der Waals surface area contributed by atoms with E-state index in [-0.39, 0.29) is 0 Å². The Kier molecular flexibility index (Phi) is 4.40. The van der Waals surface area contributed by atoms with Gasteiger partial charge in [0.1, 0.15) is 0 Å². The van der Waals surface area contributed by atoms with E-state index in [2.05, 4.69) is 30.5 Å². The van der Waals surface area contributed by atoms with Crippen molar-refractivity contribution in [2.45, 2.75) is 31.6 Å². The highest BCUT2D eigenvalue weighted by Crippen LogP contribution is 2.20. The number of hydrogen-bond donors (Lipinski definition) is 1. The highest BCUT2D eigenvalue weighted by molar-refractivity contribution is 8.00. The molecule has 1 saturated heterocycles. The normalized spacial score (nSPS) is 28.8. The highest BCUT2D eigenvalue weighted by atomic mass is 32.2. The van der Waals surface area contributed by atoms with Crippen LogP contribution in [-0.4, -0.2) is 41.6 Å². The Morgan fingerprint density at radius 2 is 2.42 bits per heavy atom. The van der Waals surface area contributed by atoms with Crippen LogP contribution in [0.15, 0.2) is 0 Å². The molecule has 0 aliphatic carbocycles. The summed E-state index contributed by atoms with van der Waals surface area (Å²) in [4.78, 5) is 2.50. The summed E-state index contributed by atoms with van der Waals surface area (Å²) in [5, 5.41) is 0.845. The van der Waals surface area contributed by atoms with Crippen molar-refractivity contribution in [3.63, 3.8) is 0 Å². The fraction of sp³-hybridized carbons (Fsp3) is 1.00. The zero-order valence-electron chi connectivity index (χ0n) is 8.12. The Labute approximate surface area is 79.9 Å².